The molecule has 0 radical (unpaired) electrons. The van der Waals surface area contributed by atoms with Crippen LogP contribution in [0.15, 0.2) is 47.9 Å². The van der Waals surface area contributed by atoms with Crippen LogP contribution in [0.4, 0.5) is 18.9 Å². The molecule has 1 amide bonds. The largest absolute Gasteiger partial charge is 0.322 e. The summed E-state index contributed by atoms with van der Waals surface area (Å²) in [5.41, 5.74) is 0.103. The number of halogens is 4. The zero-order valence-electron chi connectivity index (χ0n) is 16.7. The van der Waals surface area contributed by atoms with Crippen molar-refractivity contribution >= 4 is 46.3 Å². The summed E-state index contributed by atoms with van der Waals surface area (Å²) in [6, 6.07) is 6.00. The molecule has 11 heteroatoms. The lowest BCUT2D eigenvalue weighted by Crippen LogP contribution is -2.12. The van der Waals surface area contributed by atoms with Gasteiger partial charge < -0.3 is 5.32 Å². The number of thioether (sulfide) groups is 1. The number of hydrogen-bond donors (Lipinski definition) is 2. The van der Waals surface area contributed by atoms with Crippen molar-refractivity contribution in [2.24, 2.45) is 5.92 Å². The number of amides is 1. The SMILES string of the molecule is C=CCC(C)COS(=O)O.CSc1cc(C(=O)Nc2cc(F)c(F)c(F)c2)ccc1Cl. The van der Waals surface area contributed by atoms with Crippen molar-refractivity contribution in [3.63, 3.8) is 0 Å². The van der Waals surface area contributed by atoms with E-state index < -0.39 is 34.7 Å². The van der Waals surface area contributed by atoms with Crippen LogP contribution < -0.4 is 5.32 Å². The molecule has 0 aromatic heterocycles. The fraction of sp³-hybridized carbons (Fsp3) is 0.250. The van der Waals surface area contributed by atoms with Crippen molar-refractivity contribution in [1.82, 2.24) is 0 Å². The Hall–Kier alpha value is -1.85. The van der Waals surface area contributed by atoms with Crippen LogP contribution in [-0.2, 0) is 15.5 Å². The lowest BCUT2D eigenvalue weighted by atomic mass is 10.1. The summed E-state index contributed by atoms with van der Waals surface area (Å²) in [6.45, 7) is 5.76. The molecule has 0 bridgehead atoms. The topological polar surface area (TPSA) is 75.6 Å². The van der Waals surface area contributed by atoms with Gasteiger partial charge >= 0.3 is 11.4 Å². The molecule has 0 saturated heterocycles. The molecule has 31 heavy (non-hydrogen) atoms. The van der Waals surface area contributed by atoms with Gasteiger partial charge in [-0.2, -0.15) is 4.21 Å². The van der Waals surface area contributed by atoms with E-state index in [0.717, 1.165) is 6.42 Å². The van der Waals surface area contributed by atoms with E-state index in [1.54, 1.807) is 24.5 Å². The van der Waals surface area contributed by atoms with Gasteiger partial charge in [0.05, 0.1) is 11.6 Å². The molecule has 0 aliphatic rings. The van der Waals surface area contributed by atoms with Gasteiger partial charge in [0.25, 0.3) is 5.91 Å². The van der Waals surface area contributed by atoms with Crippen molar-refractivity contribution in [1.29, 1.82) is 0 Å². The van der Waals surface area contributed by atoms with Gasteiger partial charge in [0.1, 0.15) is 0 Å². The van der Waals surface area contributed by atoms with Gasteiger partial charge in [0, 0.05) is 28.3 Å². The molecule has 2 atom stereocenters. The lowest BCUT2D eigenvalue weighted by Gasteiger charge is -2.08. The first kappa shape index (κ1) is 27.2. The zero-order chi connectivity index (χ0) is 23.6. The summed E-state index contributed by atoms with van der Waals surface area (Å²) in [5.74, 6) is -4.64. The maximum atomic E-state index is 13.1. The number of benzene rings is 2. The molecule has 2 aromatic carbocycles. The Morgan fingerprint density at radius 1 is 1.32 bits per heavy atom. The molecule has 0 saturated carbocycles. The predicted molar refractivity (Wildman–Crippen MR) is 118 cm³/mol. The summed E-state index contributed by atoms with van der Waals surface area (Å²) in [7, 11) is 0. The normalized spacial score (nSPS) is 12.4. The minimum Gasteiger partial charge on any atom is -0.322 e. The van der Waals surface area contributed by atoms with Crippen molar-refractivity contribution < 1.29 is 30.9 Å². The van der Waals surface area contributed by atoms with E-state index in [2.05, 4.69) is 16.1 Å². The highest BCUT2D eigenvalue weighted by Gasteiger charge is 2.14. The quantitative estimate of drug-likeness (QED) is 0.201. The third-order valence-electron chi connectivity index (χ3n) is 3.68. The molecule has 2 rings (SSSR count). The third kappa shape index (κ3) is 9.44. The average Bonchev–Trinajstić information content (AvgIpc) is 2.71. The molecule has 0 aliphatic carbocycles. The first-order chi connectivity index (χ1) is 14.6. The Morgan fingerprint density at radius 3 is 2.45 bits per heavy atom. The Balaban J connectivity index is 0.000000407. The fourth-order valence-electron chi connectivity index (χ4n) is 2.16. The molecule has 2 unspecified atom stereocenters. The van der Waals surface area contributed by atoms with Crippen LogP contribution >= 0.6 is 23.4 Å². The molecule has 2 N–H and O–H groups in total. The number of hydrogen-bond acceptors (Lipinski definition) is 4. The number of allylic oxidation sites excluding steroid dienone is 1. The average molecular weight is 496 g/mol. The Morgan fingerprint density at radius 2 is 1.94 bits per heavy atom. The first-order valence-corrected chi connectivity index (χ1v) is 11.4. The summed E-state index contributed by atoms with van der Waals surface area (Å²) in [4.78, 5) is 12.7. The van der Waals surface area contributed by atoms with Gasteiger partial charge in [0.15, 0.2) is 17.5 Å². The fourth-order valence-corrected chi connectivity index (χ4v) is 3.36. The van der Waals surface area contributed by atoms with Crippen molar-refractivity contribution in [2.45, 2.75) is 18.2 Å². The molecule has 0 fully saturated rings. The first-order valence-electron chi connectivity index (χ1n) is 8.73. The second-order valence-corrected chi connectivity index (χ2v) is 8.11. The number of carbonyl (C=O) groups is 1. The Kier molecular flexibility index (Phi) is 11.9. The minimum atomic E-state index is -2.12. The molecule has 2 aromatic rings. The minimum absolute atomic E-state index is 0.169. The van der Waals surface area contributed by atoms with E-state index in [4.69, 9.17) is 16.2 Å². The van der Waals surface area contributed by atoms with Gasteiger partial charge in [-0.15, -0.1) is 18.3 Å². The summed E-state index contributed by atoms with van der Waals surface area (Å²) in [6.07, 6.45) is 4.36. The number of carbonyl (C=O) groups excluding carboxylic acids is 1. The second kappa shape index (κ2) is 13.5. The van der Waals surface area contributed by atoms with E-state index >= 15 is 0 Å². The smallest absolute Gasteiger partial charge is 0.301 e. The highest BCUT2D eigenvalue weighted by atomic mass is 35.5. The third-order valence-corrected chi connectivity index (χ3v) is 5.23. The van der Waals surface area contributed by atoms with E-state index in [1.807, 2.05) is 6.92 Å². The van der Waals surface area contributed by atoms with Gasteiger partial charge in [-0.1, -0.05) is 24.6 Å². The maximum absolute atomic E-state index is 13.1. The molecule has 0 spiro atoms. The van der Waals surface area contributed by atoms with Gasteiger partial charge in [-0.05, 0) is 36.8 Å². The predicted octanol–water partition coefficient (Wildman–Crippen LogP) is 6.08. The molecular weight excluding hydrogens is 475 g/mol. The highest BCUT2D eigenvalue weighted by molar-refractivity contribution is 7.98. The number of anilines is 1. The van der Waals surface area contributed by atoms with E-state index in [1.165, 1.54) is 17.8 Å². The highest BCUT2D eigenvalue weighted by Crippen LogP contribution is 2.26. The number of rotatable bonds is 8. The standard InChI is InChI=1S/C14H9ClF3NOS.C6H12O3S/c1-21-12-4-7(2-3-9(12)15)14(20)19-8-5-10(16)13(18)11(17)6-8;1-3-4-6(2)5-9-10(7)8/h2-6H,1H3,(H,19,20);3,6H,1,4-5H2,2H3,(H,7,8). The maximum Gasteiger partial charge on any atom is 0.301 e. The Bertz CT molecular complexity index is 924. The molecule has 170 valence electrons. The van der Waals surface area contributed by atoms with Crippen LogP contribution in [-0.4, -0.2) is 27.5 Å². The zero-order valence-corrected chi connectivity index (χ0v) is 19.1. The van der Waals surface area contributed by atoms with Crippen LogP contribution in [0.2, 0.25) is 5.02 Å². The summed E-state index contributed by atoms with van der Waals surface area (Å²) in [5, 5.41) is 2.80. The Labute approximate surface area is 190 Å². The number of nitrogens with one attached hydrogen (secondary N) is 1. The van der Waals surface area contributed by atoms with Crippen molar-refractivity contribution in [3.8, 4) is 0 Å². The monoisotopic (exact) mass is 495 g/mol. The van der Waals surface area contributed by atoms with E-state index in [-0.39, 0.29) is 17.2 Å². The summed E-state index contributed by atoms with van der Waals surface area (Å²) < 4.78 is 61.6. The van der Waals surface area contributed by atoms with Crippen LogP contribution in [0.5, 0.6) is 0 Å². The van der Waals surface area contributed by atoms with E-state index in [9.17, 15) is 22.2 Å². The van der Waals surface area contributed by atoms with Crippen LogP contribution in [0.1, 0.15) is 23.7 Å². The van der Waals surface area contributed by atoms with Crippen LogP contribution in [0, 0.1) is 23.4 Å². The second-order valence-electron chi connectivity index (χ2n) is 6.19. The molecular formula is C20H21ClF3NO4S2. The van der Waals surface area contributed by atoms with Gasteiger partial charge in [-0.25, -0.2) is 13.2 Å². The van der Waals surface area contributed by atoms with Gasteiger partial charge in [-0.3, -0.25) is 13.5 Å². The van der Waals surface area contributed by atoms with Crippen molar-refractivity contribution in [3.05, 3.63) is 71.0 Å². The van der Waals surface area contributed by atoms with Crippen LogP contribution in [0.3, 0.4) is 0 Å². The van der Waals surface area contributed by atoms with E-state index in [0.29, 0.717) is 28.7 Å². The van der Waals surface area contributed by atoms with Gasteiger partial charge in [0.2, 0.25) is 0 Å². The molecule has 5 nitrogen and oxygen atoms in total. The summed E-state index contributed by atoms with van der Waals surface area (Å²) >= 11 is 5.16. The lowest BCUT2D eigenvalue weighted by molar-refractivity contribution is 0.102. The van der Waals surface area contributed by atoms with Crippen molar-refractivity contribution in [2.75, 3.05) is 18.2 Å². The molecule has 0 heterocycles. The molecule has 0 aliphatic heterocycles. The van der Waals surface area contributed by atoms with Crippen LogP contribution in [0.25, 0.3) is 0 Å².